The molecule has 0 aliphatic heterocycles. The number of ether oxygens (including phenoxy) is 1. The van der Waals surface area contributed by atoms with Crippen LogP contribution in [-0.2, 0) is 20.9 Å². The van der Waals surface area contributed by atoms with Gasteiger partial charge in [-0.15, -0.1) is 0 Å². The number of hydrogen-bond acceptors (Lipinski definition) is 4. The van der Waals surface area contributed by atoms with Crippen LogP contribution < -0.4 is 5.32 Å². The average Bonchev–Trinajstić information content (AvgIpc) is 2.65. The highest BCUT2D eigenvalue weighted by atomic mass is 16.5. The Balaban J connectivity index is 1.72. The molecule has 0 aliphatic carbocycles. The summed E-state index contributed by atoms with van der Waals surface area (Å²) >= 11 is 0. The Hall–Kier alpha value is -2.95. The predicted molar refractivity (Wildman–Crippen MR) is 103 cm³/mol. The average molecular weight is 367 g/mol. The number of hydrogen-bond donors (Lipinski definition) is 1. The van der Waals surface area contributed by atoms with E-state index in [0.29, 0.717) is 12.1 Å². The summed E-state index contributed by atoms with van der Waals surface area (Å²) in [5.74, 6) is -1.02. The Morgan fingerprint density at radius 1 is 0.926 bits per heavy atom. The molecule has 2 aromatic carbocycles. The van der Waals surface area contributed by atoms with Gasteiger partial charge in [-0.3, -0.25) is 14.4 Å². The number of carbonyl (C=O) groups excluding carboxylic acids is 3. The lowest BCUT2D eigenvalue weighted by Gasteiger charge is -2.09. The number of amides is 1. The zero-order chi connectivity index (χ0) is 19.8. The second kappa shape index (κ2) is 9.67. The molecular formula is C22H25NO4. The van der Waals surface area contributed by atoms with Gasteiger partial charge in [0.1, 0.15) is 0 Å². The van der Waals surface area contributed by atoms with Crippen LogP contribution in [0.15, 0.2) is 42.5 Å². The molecule has 0 bridgehead atoms. The molecule has 0 fully saturated rings. The Kier molecular flexibility index (Phi) is 7.29. The number of aryl methyl sites for hydroxylation is 3. The quantitative estimate of drug-likeness (QED) is 0.573. The van der Waals surface area contributed by atoms with Gasteiger partial charge in [-0.05, 0) is 43.5 Å². The van der Waals surface area contributed by atoms with E-state index in [9.17, 15) is 14.4 Å². The molecular weight excluding hydrogens is 342 g/mol. The lowest BCUT2D eigenvalue weighted by atomic mass is 9.99. The molecule has 0 heterocycles. The molecule has 0 aromatic heterocycles. The first-order chi connectivity index (χ1) is 12.9. The van der Waals surface area contributed by atoms with E-state index in [4.69, 9.17) is 4.74 Å². The van der Waals surface area contributed by atoms with Gasteiger partial charge in [-0.25, -0.2) is 0 Å². The fraction of sp³-hybridized carbons (Fsp3) is 0.318. The van der Waals surface area contributed by atoms with E-state index >= 15 is 0 Å². The first-order valence-electron chi connectivity index (χ1n) is 8.94. The summed E-state index contributed by atoms with van der Waals surface area (Å²) in [5, 5.41) is 2.72. The third-order valence-corrected chi connectivity index (χ3v) is 4.35. The zero-order valence-corrected chi connectivity index (χ0v) is 16.0. The van der Waals surface area contributed by atoms with Crippen LogP contribution in [0.4, 0.5) is 0 Å². The van der Waals surface area contributed by atoms with E-state index in [2.05, 4.69) is 5.32 Å². The summed E-state index contributed by atoms with van der Waals surface area (Å²) < 4.78 is 4.96. The van der Waals surface area contributed by atoms with Gasteiger partial charge in [-0.2, -0.15) is 0 Å². The smallest absolute Gasteiger partial charge is 0.306 e. The van der Waals surface area contributed by atoms with Gasteiger partial charge >= 0.3 is 5.97 Å². The number of benzene rings is 2. The van der Waals surface area contributed by atoms with Gasteiger partial charge in [0.25, 0.3) is 5.91 Å². The second-order valence-electron chi connectivity index (χ2n) is 6.61. The Labute approximate surface area is 159 Å². The van der Waals surface area contributed by atoms with Crippen molar-refractivity contribution in [3.8, 4) is 0 Å². The van der Waals surface area contributed by atoms with Gasteiger partial charge in [-0.1, -0.05) is 42.0 Å². The predicted octanol–water partition coefficient (Wildman–Crippen LogP) is 3.43. The summed E-state index contributed by atoms with van der Waals surface area (Å²) in [4.78, 5) is 35.9. The van der Waals surface area contributed by atoms with Gasteiger partial charge in [0.15, 0.2) is 12.4 Å². The molecule has 0 aliphatic rings. The Bertz CT molecular complexity index is 842. The van der Waals surface area contributed by atoms with Crippen LogP contribution >= 0.6 is 0 Å². The minimum atomic E-state index is -0.556. The van der Waals surface area contributed by atoms with Crippen molar-refractivity contribution >= 4 is 17.7 Å². The maximum atomic E-state index is 12.3. The van der Waals surface area contributed by atoms with Crippen molar-refractivity contribution in [1.29, 1.82) is 0 Å². The number of carbonyl (C=O) groups is 3. The van der Waals surface area contributed by atoms with Gasteiger partial charge < -0.3 is 10.1 Å². The highest BCUT2D eigenvalue weighted by Crippen LogP contribution is 2.14. The number of rotatable bonds is 8. The molecule has 5 heteroatoms. The minimum absolute atomic E-state index is 0.0444. The molecule has 0 saturated carbocycles. The summed E-state index contributed by atoms with van der Waals surface area (Å²) in [6.07, 6.45) is 0.0191. The van der Waals surface area contributed by atoms with Crippen LogP contribution in [0.1, 0.15) is 45.5 Å². The number of Topliss-reactive ketones (excluding diaryl/α,β-unsaturated/α-hetero) is 1. The summed E-state index contributed by atoms with van der Waals surface area (Å²) in [6, 6.07) is 13.4. The normalized spacial score (nSPS) is 10.3. The maximum absolute atomic E-state index is 12.3. The third-order valence-electron chi connectivity index (χ3n) is 4.35. The monoisotopic (exact) mass is 367 g/mol. The van der Waals surface area contributed by atoms with Gasteiger partial charge in [0.05, 0.1) is 6.42 Å². The first-order valence-corrected chi connectivity index (χ1v) is 8.94. The van der Waals surface area contributed by atoms with Crippen molar-refractivity contribution in [2.75, 3.05) is 6.61 Å². The number of nitrogens with one attached hydrogen (secondary N) is 1. The molecule has 2 aromatic rings. The van der Waals surface area contributed by atoms with Crippen LogP contribution in [0.3, 0.4) is 0 Å². The minimum Gasteiger partial charge on any atom is -0.456 e. The van der Waals surface area contributed by atoms with Gasteiger partial charge in [0.2, 0.25) is 0 Å². The van der Waals surface area contributed by atoms with Crippen LogP contribution in [0.2, 0.25) is 0 Å². The van der Waals surface area contributed by atoms with Crippen LogP contribution in [0.5, 0.6) is 0 Å². The molecule has 0 atom stereocenters. The molecule has 1 amide bonds. The molecule has 27 heavy (non-hydrogen) atoms. The van der Waals surface area contributed by atoms with Crippen molar-refractivity contribution in [2.45, 2.75) is 40.2 Å². The topological polar surface area (TPSA) is 72.5 Å². The van der Waals surface area contributed by atoms with Crippen LogP contribution in [-0.4, -0.2) is 24.3 Å². The first kappa shape index (κ1) is 20.4. The lowest BCUT2D eigenvalue weighted by Crippen LogP contribution is -2.28. The maximum Gasteiger partial charge on any atom is 0.306 e. The fourth-order valence-corrected chi connectivity index (χ4v) is 2.66. The number of ketones is 1. The van der Waals surface area contributed by atoms with E-state index in [1.807, 2.05) is 63.2 Å². The zero-order valence-electron chi connectivity index (χ0n) is 16.0. The fourth-order valence-electron chi connectivity index (χ4n) is 2.66. The van der Waals surface area contributed by atoms with Crippen LogP contribution in [0, 0.1) is 20.8 Å². The Morgan fingerprint density at radius 2 is 1.67 bits per heavy atom. The third kappa shape index (κ3) is 6.37. The summed E-state index contributed by atoms with van der Waals surface area (Å²) in [7, 11) is 0. The molecule has 0 spiro atoms. The van der Waals surface area contributed by atoms with Crippen molar-refractivity contribution in [3.63, 3.8) is 0 Å². The van der Waals surface area contributed by atoms with Crippen LogP contribution in [0.25, 0.3) is 0 Å². The standard InChI is InChI=1S/C22H25NO4/c1-15-8-9-17(3)19(12-15)20(24)10-11-22(26)27-14-21(25)23-13-18-7-5-4-6-16(18)2/h4-9,12H,10-11,13-14H2,1-3H3,(H,23,25). The van der Waals surface area contributed by atoms with Gasteiger partial charge in [0, 0.05) is 18.5 Å². The highest BCUT2D eigenvalue weighted by molar-refractivity contribution is 5.99. The molecule has 2 rings (SSSR count). The lowest BCUT2D eigenvalue weighted by molar-refractivity contribution is -0.148. The van der Waals surface area contributed by atoms with E-state index in [1.165, 1.54) is 0 Å². The molecule has 1 N–H and O–H groups in total. The molecule has 5 nitrogen and oxygen atoms in total. The summed E-state index contributed by atoms with van der Waals surface area (Å²) in [6.45, 7) is 5.79. The number of esters is 1. The summed E-state index contributed by atoms with van der Waals surface area (Å²) in [5.41, 5.74) is 4.60. The molecule has 0 saturated heterocycles. The van der Waals surface area contributed by atoms with Crippen molar-refractivity contribution in [2.24, 2.45) is 0 Å². The van der Waals surface area contributed by atoms with Crippen molar-refractivity contribution < 1.29 is 19.1 Å². The second-order valence-corrected chi connectivity index (χ2v) is 6.61. The van der Waals surface area contributed by atoms with E-state index in [1.54, 1.807) is 0 Å². The molecule has 0 radical (unpaired) electrons. The van der Waals surface area contributed by atoms with E-state index in [0.717, 1.165) is 22.3 Å². The molecule has 0 unspecified atom stereocenters. The van der Waals surface area contributed by atoms with E-state index < -0.39 is 5.97 Å². The van der Waals surface area contributed by atoms with E-state index in [-0.39, 0.29) is 31.1 Å². The van der Waals surface area contributed by atoms with Crippen molar-refractivity contribution in [3.05, 3.63) is 70.3 Å². The highest BCUT2D eigenvalue weighted by Gasteiger charge is 2.13. The SMILES string of the molecule is Cc1ccc(C)c(C(=O)CCC(=O)OCC(=O)NCc2ccccc2C)c1. The largest absolute Gasteiger partial charge is 0.456 e. The van der Waals surface area contributed by atoms with Crippen molar-refractivity contribution in [1.82, 2.24) is 5.32 Å². The Morgan fingerprint density at radius 3 is 2.41 bits per heavy atom. The molecule has 142 valence electrons.